The number of rotatable bonds is 5. The topological polar surface area (TPSA) is 118 Å². The van der Waals surface area contributed by atoms with Crippen molar-refractivity contribution in [3.05, 3.63) is 33.3 Å². The van der Waals surface area contributed by atoms with E-state index in [1.807, 2.05) is 0 Å². The maximum Gasteiger partial charge on any atom is 0.321 e. The van der Waals surface area contributed by atoms with Gasteiger partial charge < -0.3 is 5.11 Å². The van der Waals surface area contributed by atoms with Crippen molar-refractivity contribution in [2.45, 2.75) is 17.9 Å². The summed E-state index contributed by atoms with van der Waals surface area (Å²) in [7, 11) is -3.07. The number of halogens is 1. The minimum Gasteiger partial charge on any atom is -0.480 e. The first-order chi connectivity index (χ1) is 9.09. The maximum absolute atomic E-state index is 12.2. The first kappa shape index (κ1) is 16.3. The standard InChI is InChI=1S/C10H11ClN2O6S/c1-6(10(14)15)12(2)20(18,19)9-4-3-7(13(16)17)5-8(9)11/h3-6H,1-2H3,(H,14,15). The van der Waals surface area contributed by atoms with Gasteiger partial charge in [0.25, 0.3) is 5.69 Å². The van der Waals surface area contributed by atoms with E-state index in [1.165, 1.54) is 6.92 Å². The van der Waals surface area contributed by atoms with E-state index in [9.17, 15) is 23.3 Å². The van der Waals surface area contributed by atoms with Crippen molar-refractivity contribution in [3.8, 4) is 0 Å². The van der Waals surface area contributed by atoms with Crippen LogP contribution >= 0.6 is 11.6 Å². The van der Waals surface area contributed by atoms with Crippen molar-refractivity contribution in [2.24, 2.45) is 0 Å². The molecular formula is C10H11ClN2O6S. The molecule has 0 aliphatic carbocycles. The molecule has 8 nitrogen and oxygen atoms in total. The zero-order chi connectivity index (χ0) is 15.7. The first-order valence-electron chi connectivity index (χ1n) is 5.23. The Labute approximate surface area is 119 Å². The number of benzene rings is 1. The van der Waals surface area contributed by atoms with Crippen molar-refractivity contribution < 1.29 is 23.2 Å². The molecule has 1 rings (SSSR count). The Morgan fingerprint density at radius 1 is 1.50 bits per heavy atom. The van der Waals surface area contributed by atoms with Crippen LogP contribution in [0.2, 0.25) is 5.02 Å². The lowest BCUT2D eigenvalue weighted by Crippen LogP contribution is -2.40. The van der Waals surface area contributed by atoms with E-state index >= 15 is 0 Å². The summed E-state index contributed by atoms with van der Waals surface area (Å²) in [4.78, 5) is 20.3. The van der Waals surface area contributed by atoms with E-state index in [0.717, 1.165) is 25.2 Å². The van der Waals surface area contributed by atoms with Gasteiger partial charge in [0.15, 0.2) is 0 Å². The summed E-state index contributed by atoms with van der Waals surface area (Å²) in [5, 5.41) is 19.0. The first-order valence-corrected chi connectivity index (χ1v) is 7.05. The fourth-order valence-corrected chi connectivity index (χ4v) is 3.16. The quantitative estimate of drug-likeness (QED) is 0.645. The summed E-state index contributed by atoms with van der Waals surface area (Å²) in [6.45, 7) is 1.19. The van der Waals surface area contributed by atoms with Crippen LogP contribution in [0.15, 0.2) is 23.1 Å². The number of carbonyl (C=O) groups is 1. The summed E-state index contributed by atoms with van der Waals surface area (Å²) in [6, 6.07) is 1.55. The molecule has 0 radical (unpaired) electrons. The lowest BCUT2D eigenvalue weighted by Gasteiger charge is -2.21. The summed E-state index contributed by atoms with van der Waals surface area (Å²) >= 11 is 5.73. The van der Waals surface area contributed by atoms with Gasteiger partial charge >= 0.3 is 5.97 Å². The fourth-order valence-electron chi connectivity index (χ4n) is 1.33. The Kier molecular flexibility index (Phi) is 4.69. The number of carboxylic acids is 1. The largest absolute Gasteiger partial charge is 0.480 e. The van der Waals surface area contributed by atoms with E-state index < -0.39 is 27.0 Å². The number of hydrogen-bond acceptors (Lipinski definition) is 5. The van der Waals surface area contributed by atoms with E-state index in [-0.39, 0.29) is 15.6 Å². The highest BCUT2D eigenvalue weighted by Gasteiger charge is 2.31. The van der Waals surface area contributed by atoms with Gasteiger partial charge in [0.1, 0.15) is 10.9 Å². The SMILES string of the molecule is CC(C(=O)O)N(C)S(=O)(=O)c1ccc([N+](=O)[O-])cc1Cl. The third kappa shape index (κ3) is 3.06. The van der Waals surface area contributed by atoms with Gasteiger partial charge in [-0.3, -0.25) is 14.9 Å². The number of hydrogen-bond donors (Lipinski definition) is 1. The molecule has 0 saturated heterocycles. The van der Waals surface area contributed by atoms with Crippen molar-refractivity contribution in [2.75, 3.05) is 7.05 Å². The van der Waals surface area contributed by atoms with Crippen molar-refractivity contribution >= 4 is 33.3 Å². The average molecular weight is 323 g/mol. The van der Waals surface area contributed by atoms with E-state index in [4.69, 9.17) is 16.7 Å². The third-order valence-corrected chi connectivity index (χ3v) is 5.10. The van der Waals surface area contributed by atoms with Gasteiger partial charge in [-0.05, 0) is 13.0 Å². The van der Waals surface area contributed by atoms with Crippen LogP contribution in [0.5, 0.6) is 0 Å². The summed E-state index contributed by atoms with van der Waals surface area (Å²) in [5.41, 5.74) is -0.358. The highest BCUT2D eigenvalue weighted by atomic mass is 35.5. The number of likely N-dealkylation sites (N-methyl/N-ethyl adjacent to an activating group) is 1. The van der Waals surface area contributed by atoms with Crippen LogP contribution in [0, 0.1) is 10.1 Å². The Balaban J connectivity index is 3.30. The second-order valence-corrected chi connectivity index (χ2v) is 6.28. The molecule has 10 heteroatoms. The number of sulfonamides is 1. The van der Waals surface area contributed by atoms with Crippen LogP contribution < -0.4 is 0 Å². The second kappa shape index (κ2) is 5.73. The molecule has 0 saturated carbocycles. The van der Waals surface area contributed by atoms with Gasteiger partial charge in [0.05, 0.1) is 9.95 Å². The molecule has 1 unspecified atom stereocenters. The van der Waals surface area contributed by atoms with E-state index in [0.29, 0.717) is 4.31 Å². The van der Waals surface area contributed by atoms with Crippen LogP contribution in [-0.2, 0) is 14.8 Å². The predicted octanol–water partition coefficient (Wildman–Crippen LogP) is 1.34. The Bertz CT molecular complexity index is 660. The molecule has 0 amide bonds. The number of non-ortho nitro benzene ring substituents is 1. The molecule has 1 aromatic carbocycles. The summed E-state index contributed by atoms with van der Waals surface area (Å²) < 4.78 is 25.0. The third-order valence-electron chi connectivity index (χ3n) is 2.69. The van der Waals surface area contributed by atoms with E-state index in [2.05, 4.69) is 0 Å². The van der Waals surface area contributed by atoms with Gasteiger partial charge in [-0.2, -0.15) is 4.31 Å². The van der Waals surface area contributed by atoms with Gasteiger partial charge in [-0.1, -0.05) is 11.6 Å². The molecular weight excluding hydrogens is 312 g/mol. The molecule has 110 valence electrons. The molecule has 0 aliphatic rings. The molecule has 1 aromatic rings. The monoisotopic (exact) mass is 322 g/mol. The van der Waals surface area contributed by atoms with Crippen LogP contribution in [0.4, 0.5) is 5.69 Å². The highest BCUT2D eigenvalue weighted by Crippen LogP contribution is 2.28. The number of nitro groups is 1. The van der Waals surface area contributed by atoms with Crippen LogP contribution in [0.25, 0.3) is 0 Å². The predicted molar refractivity (Wildman–Crippen MR) is 70.2 cm³/mol. The Hall–Kier alpha value is -1.71. The Morgan fingerprint density at radius 3 is 2.45 bits per heavy atom. The summed E-state index contributed by atoms with van der Waals surface area (Å²) in [6.07, 6.45) is 0. The van der Waals surface area contributed by atoms with Gasteiger partial charge in [-0.15, -0.1) is 0 Å². The van der Waals surface area contributed by atoms with Gasteiger partial charge in [0, 0.05) is 19.2 Å². The molecule has 0 aromatic heterocycles. The van der Waals surface area contributed by atoms with E-state index in [1.54, 1.807) is 0 Å². The minimum atomic E-state index is -4.16. The van der Waals surface area contributed by atoms with Gasteiger partial charge in [0.2, 0.25) is 10.0 Å². The van der Waals surface area contributed by atoms with Crippen molar-refractivity contribution in [1.82, 2.24) is 4.31 Å². The lowest BCUT2D eigenvalue weighted by molar-refractivity contribution is -0.384. The average Bonchev–Trinajstić information content (AvgIpc) is 2.36. The summed E-state index contributed by atoms with van der Waals surface area (Å²) in [5.74, 6) is -1.32. The van der Waals surface area contributed by atoms with Crippen LogP contribution in [-0.4, -0.2) is 41.8 Å². The second-order valence-electron chi connectivity index (χ2n) is 3.91. The molecule has 1 N–H and O–H groups in total. The Morgan fingerprint density at radius 2 is 2.05 bits per heavy atom. The molecule has 1 atom stereocenters. The molecule has 0 bridgehead atoms. The van der Waals surface area contributed by atoms with Crippen molar-refractivity contribution in [3.63, 3.8) is 0 Å². The highest BCUT2D eigenvalue weighted by molar-refractivity contribution is 7.89. The zero-order valence-corrected chi connectivity index (χ0v) is 12.1. The van der Waals surface area contributed by atoms with Crippen molar-refractivity contribution in [1.29, 1.82) is 0 Å². The van der Waals surface area contributed by atoms with Gasteiger partial charge in [-0.25, -0.2) is 8.42 Å². The zero-order valence-electron chi connectivity index (χ0n) is 10.5. The number of aliphatic carboxylic acids is 1. The minimum absolute atomic E-state index is 0.344. The fraction of sp³-hybridized carbons (Fsp3) is 0.300. The molecule has 0 spiro atoms. The molecule has 20 heavy (non-hydrogen) atoms. The molecule has 0 heterocycles. The molecule has 0 fully saturated rings. The lowest BCUT2D eigenvalue weighted by atomic mass is 10.3. The maximum atomic E-state index is 12.2. The smallest absolute Gasteiger partial charge is 0.321 e. The number of nitrogens with zero attached hydrogens (tertiary/aromatic N) is 2. The normalized spacial score (nSPS) is 13.2. The number of carboxylic acid groups (broad SMARTS) is 1. The van der Waals surface area contributed by atoms with Crippen LogP contribution in [0.1, 0.15) is 6.92 Å². The molecule has 0 aliphatic heterocycles. The van der Waals surface area contributed by atoms with Crippen LogP contribution in [0.3, 0.4) is 0 Å². The number of nitro benzene ring substituents is 1.